The predicted molar refractivity (Wildman–Crippen MR) is 227 cm³/mol. The van der Waals surface area contributed by atoms with Gasteiger partial charge < -0.3 is 9.32 Å². The van der Waals surface area contributed by atoms with Crippen LogP contribution >= 0.6 is 11.3 Å². The van der Waals surface area contributed by atoms with Crippen molar-refractivity contribution in [1.82, 2.24) is 0 Å². The first kappa shape index (κ1) is 30.0. The Labute approximate surface area is 310 Å². The van der Waals surface area contributed by atoms with Gasteiger partial charge in [0.1, 0.15) is 11.2 Å². The Kier molecular flexibility index (Phi) is 6.76. The van der Waals surface area contributed by atoms with Crippen molar-refractivity contribution in [1.29, 1.82) is 0 Å². The third-order valence-corrected chi connectivity index (χ3v) is 11.8. The number of hydrogen-bond donors (Lipinski definition) is 0. The summed E-state index contributed by atoms with van der Waals surface area (Å²) in [5, 5.41) is 9.62. The highest BCUT2D eigenvalue weighted by Gasteiger charge is 2.21. The van der Waals surface area contributed by atoms with Crippen LogP contribution in [0, 0.1) is 0 Å². The second-order valence-corrected chi connectivity index (χ2v) is 14.7. The third kappa shape index (κ3) is 4.78. The molecule has 0 aliphatic heterocycles. The molecule has 0 spiro atoms. The van der Waals surface area contributed by atoms with E-state index in [4.69, 9.17) is 4.42 Å². The summed E-state index contributed by atoms with van der Waals surface area (Å²) in [6.45, 7) is 0. The van der Waals surface area contributed by atoms with Crippen LogP contribution in [0.2, 0.25) is 0 Å². The number of anilines is 3. The normalized spacial score (nSPS) is 11.8. The van der Waals surface area contributed by atoms with E-state index in [1.165, 1.54) is 47.5 Å². The maximum absolute atomic E-state index is 6.60. The molecule has 0 atom stereocenters. The Morgan fingerprint density at radius 1 is 0.396 bits per heavy atom. The summed E-state index contributed by atoms with van der Waals surface area (Å²) in [4.78, 5) is 2.45. The van der Waals surface area contributed by atoms with Crippen LogP contribution < -0.4 is 4.90 Å². The fraction of sp³-hybridized carbons (Fsp3) is 0. The molecule has 11 aromatic rings. The molecule has 0 bridgehead atoms. The summed E-state index contributed by atoms with van der Waals surface area (Å²) < 4.78 is 9.17. The SMILES string of the molecule is c1cc(-c2cccc3ccccc23)cc(N(c2cccc(-c3cccc4oc5c6ccccc6ccc5c34)c2)c2cccc3sc4ccccc4c23)c1. The van der Waals surface area contributed by atoms with E-state index in [1.807, 2.05) is 11.3 Å². The molecule has 0 saturated carbocycles. The van der Waals surface area contributed by atoms with Crippen molar-refractivity contribution in [2.24, 2.45) is 0 Å². The van der Waals surface area contributed by atoms with Gasteiger partial charge in [-0.3, -0.25) is 0 Å². The molecule has 0 amide bonds. The van der Waals surface area contributed by atoms with Gasteiger partial charge in [0.15, 0.2) is 0 Å². The average Bonchev–Trinajstić information content (AvgIpc) is 3.80. The Balaban J connectivity index is 1.15. The minimum absolute atomic E-state index is 0.897. The van der Waals surface area contributed by atoms with Gasteiger partial charge in [0.25, 0.3) is 0 Å². The molecule has 0 fully saturated rings. The molecule has 0 N–H and O–H groups in total. The Morgan fingerprint density at radius 3 is 1.83 bits per heavy atom. The smallest absolute Gasteiger partial charge is 0.143 e. The summed E-state index contributed by atoms with van der Waals surface area (Å²) in [6.07, 6.45) is 0. The predicted octanol–water partition coefficient (Wildman–Crippen LogP) is 15.1. The maximum atomic E-state index is 6.60. The maximum Gasteiger partial charge on any atom is 0.143 e. The van der Waals surface area contributed by atoms with E-state index in [0.717, 1.165) is 55.5 Å². The van der Waals surface area contributed by atoms with E-state index < -0.39 is 0 Å². The zero-order chi connectivity index (χ0) is 34.9. The van der Waals surface area contributed by atoms with Crippen molar-refractivity contribution in [3.05, 3.63) is 188 Å². The molecular formula is C50H31NOS. The molecule has 248 valence electrons. The number of benzene rings is 9. The molecule has 0 aliphatic rings. The van der Waals surface area contributed by atoms with Gasteiger partial charge in [-0.05, 0) is 93.0 Å². The minimum Gasteiger partial charge on any atom is -0.455 e. The zero-order valence-electron chi connectivity index (χ0n) is 28.7. The molecular weight excluding hydrogens is 663 g/mol. The fourth-order valence-electron chi connectivity index (χ4n) is 8.27. The highest BCUT2D eigenvalue weighted by Crippen LogP contribution is 2.47. The van der Waals surface area contributed by atoms with Crippen molar-refractivity contribution >= 4 is 92.1 Å². The quantitative estimate of drug-likeness (QED) is 0.178. The van der Waals surface area contributed by atoms with Crippen LogP contribution in [-0.4, -0.2) is 0 Å². The number of rotatable bonds is 5. The highest BCUT2D eigenvalue weighted by molar-refractivity contribution is 7.26. The lowest BCUT2D eigenvalue weighted by Crippen LogP contribution is -2.10. The number of fused-ring (bicyclic) bond motifs is 9. The summed E-state index contributed by atoms with van der Waals surface area (Å²) in [5.74, 6) is 0. The van der Waals surface area contributed by atoms with Crippen molar-refractivity contribution < 1.29 is 4.42 Å². The molecule has 11 rings (SSSR count). The van der Waals surface area contributed by atoms with Crippen molar-refractivity contribution in [2.75, 3.05) is 4.90 Å². The van der Waals surface area contributed by atoms with E-state index in [1.54, 1.807) is 0 Å². The lowest BCUT2D eigenvalue weighted by Gasteiger charge is -2.27. The lowest BCUT2D eigenvalue weighted by molar-refractivity contribution is 0.673. The molecule has 0 radical (unpaired) electrons. The van der Waals surface area contributed by atoms with Gasteiger partial charge in [-0.25, -0.2) is 0 Å². The molecule has 53 heavy (non-hydrogen) atoms. The summed E-state index contributed by atoms with van der Waals surface area (Å²) >= 11 is 1.85. The summed E-state index contributed by atoms with van der Waals surface area (Å²) in [6, 6.07) is 68.0. The van der Waals surface area contributed by atoms with Gasteiger partial charge in [0.2, 0.25) is 0 Å². The highest BCUT2D eigenvalue weighted by atomic mass is 32.1. The molecule has 2 nitrogen and oxygen atoms in total. The topological polar surface area (TPSA) is 16.4 Å². The largest absolute Gasteiger partial charge is 0.455 e. The Hall–Kier alpha value is -6.68. The van der Waals surface area contributed by atoms with Gasteiger partial charge in [-0.15, -0.1) is 11.3 Å². The first-order valence-electron chi connectivity index (χ1n) is 18.0. The fourth-order valence-corrected chi connectivity index (χ4v) is 9.39. The second-order valence-electron chi connectivity index (χ2n) is 13.7. The van der Waals surface area contributed by atoms with Gasteiger partial charge in [0, 0.05) is 47.7 Å². The molecule has 2 heterocycles. The first-order valence-corrected chi connectivity index (χ1v) is 18.8. The third-order valence-electron chi connectivity index (χ3n) is 10.6. The van der Waals surface area contributed by atoms with Crippen molar-refractivity contribution in [3.63, 3.8) is 0 Å². The first-order chi connectivity index (χ1) is 26.3. The van der Waals surface area contributed by atoms with Crippen molar-refractivity contribution in [3.8, 4) is 22.3 Å². The van der Waals surface area contributed by atoms with Crippen LogP contribution in [0.15, 0.2) is 192 Å². The van der Waals surface area contributed by atoms with E-state index in [9.17, 15) is 0 Å². The van der Waals surface area contributed by atoms with Crippen LogP contribution in [-0.2, 0) is 0 Å². The number of nitrogens with zero attached hydrogens (tertiary/aromatic N) is 1. The van der Waals surface area contributed by atoms with Crippen LogP contribution in [0.4, 0.5) is 17.1 Å². The number of furan rings is 1. The minimum atomic E-state index is 0.897. The van der Waals surface area contributed by atoms with Gasteiger partial charge >= 0.3 is 0 Å². The van der Waals surface area contributed by atoms with E-state index >= 15 is 0 Å². The summed E-state index contributed by atoms with van der Waals surface area (Å²) in [5.41, 5.74) is 9.89. The van der Waals surface area contributed by atoms with Crippen LogP contribution in [0.5, 0.6) is 0 Å². The van der Waals surface area contributed by atoms with Crippen LogP contribution in [0.25, 0.3) is 85.9 Å². The molecule has 0 aliphatic carbocycles. The lowest BCUT2D eigenvalue weighted by atomic mass is 9.96. The zero-order valence-corrected chi connectivity index (χ0v) is 29.5. The Morgan fingerprint density at radius 2 is 1.00 bits per heavy atom. The van der Waals surface area contributed by atoms with Crippen molar-refractivity contribution in [2.45, 2.75) is 0 Å². The van der Waals surface area contributed by atoms with Gasteiger partial charge in [-0.1, -0.05) is 133 Å². The summed E-state index contributed by atoms with van der Waals surface area (Å²) in [7, 11) is 0. The number of hydrogen-bond acceptors (Lipinski definition) is 3. The molecule has 0 unspecified atom stereocenters. The monoisotopic (exact) mass is 693 g/mol. The van der Waals surface area contributed by atoms with E-state index in [2.05, 4.69) is 193 Å². The molecule has 9 aromatic carbocycles. The van der Waals surface area contributed by atoms with Crippen LogP contribution in [0.3, 0.4) is 0 Å². The average molecular weight is 694 g/mol. The van der Waals surface area contributed by atoms with Gasteiger partial charge in [0.05, 0.1) is 5.69 Å². The molecule has 2 aromatic heterocycles. The standard InChI is InChI=1S/C50H31NOS/c1-3-19-38-32(12-1)14-9-22-39(38)34-15-7-17-36(30-34)51(44-24-11-27-47-49(44)42-21-5-6-26-46(42)53-47)37-18-8-16-35(31-37)40-23-10-25-45-48(40)43-29-28-33-13-2-4-20-41(33)50(43)52-45/h1-31H. The number of thiophene rings is 1. The van der Waals surface area contributed by atoms with E-state index in [-0.39, 0.29) is 0 Å². The molecule has 0 saturated heterocycles. The molecule has 3 heteroatoms. The van der Waals surface area contributed by atoms with Crippen LogP contribution in [0.1, 0.15) is 0 Å². The Bertz CT molecular complexity index is 3200. The van der Waals surface area contributed by atoms with E-state index in [0.29, 0.717) is 0 Å². The second kappa shape index (κ2) is 11.9. The van der Waals surface area contributed by atoms with Gasteiger partial charge in [-0.2, -0.15) is 0 Å².